The van der Waals surface area contributed by atoms with Crippen LogP contribution < -0.4 is 0 Å². The van der Waals surface area contributed by atoms with Crippen LogP contribution in [0.5, 0.6) is 0 Å². The molecule has 1 unspecified atom stereocenters. The lowest BCUT2D eigenvalue weighted by Crippen LogP contribution is -2.19. The Hall–Kier alpha value is -0.940. The first-order valence-electron chi connectivity index (χ1n) is 6.07. The van der Waals surface area contributed by atoms with Gasteiger partial charge >= 0.3 is 5.97 Å². The summed E-state index contributed by atoms with van der Waals surface area (Å²) in [4.78, 5) is 17.5. The number of thiazole rings is 1. The fraction of sp³-hybridized carbons (Fsp3) is 0.667. The molecule has 1 fully saturated rings. The standard InChI is InChI=1S/C12H18N2O2S/c1-2-14-6-5-9(7-14)12-13-10(8-17-12)3-4-11(15)16/h8-9H,2-7H2,1H3,(H,15,16). The summed E-state index contributed by atoms with van der Waals surface area (Å²) in [5, 5.41) is 11.8. The molecule has 0 amide bonds. The second-order valence-corrected chi connectivity index (χ2v) is 5.34. The maximum Gasteiger partial charge on any atom is 0.303 e. The first kappa shape index (κ1) is 12.5. The number of carboxylic acid groups (broad SMARTS) is 1. The van der Waals surface area contributed by atoms with Crippen LogP contribution in [0.2, 0.25) is 0 Å². The summed E-state index contributed by atoms with van der Waals surface area (Å²) in [6.07, 6.45) is 1.91. The molecule has 1 aliphatic heterocycles. The molecule has 0 aromatic carbocycles. The van der Waals surface area contributed by atoms with Gasteiger partial charge in [-0.25, -0.2) is 4.98 Å². The summed E-state index contributed by atoms with van der Waals surface area (Å²) < 4.78 is 0. The van der Waals surface area contributed by atoms with Crippen molar-refractivity contribution in [1.82, 2.24) is 9.88 Å². The van der Waals surface area contributed by atoms with E-state index in [-0.39, 0.29) is 6.42 Å². The Morgan fingerprint density at radius 2 is 2.53 bits per heavy atom. The topological polar surface area (TPSA) is 53.4 Å². The van der Waals surface area contributed by atoms with Crippen LogP contribution in [0.15, 0.2) is 5.38 Å². The third-order valence-electron chi connectivity index (χ3n) is 3.23. The van der Waals surface area contributed by atoms with Gasteiger partial charge in [0.1, 0.15) is 0 Å². The lowest BCUT2D eigenvalue weighted by atomic mass is 10.1. The largest absolute Gasteiger partial charge is 0.481 e. The van der Waals surface area contributed by atoms with Gasteiger partial charge in [0.05, 0.1) is 17.1 Å². The summed E-state index contributed by atoms with van der Waals surface area (Å²) in [5.41, 5.74) is 0.933. The second-order valence-electron chi connectivity index (χ2n) is 4.45. The summed E-state index contributed by atoms with van der Waals surface area (Å²) in [6.45, 7) is 5.55. The van der Waals surface area contributed by atoms with Crippen molar-refractivity contribution in [2.45, 2.75) is 32.1 Å². The van der Waals surface area contributed by atoms with E-state index in [4.69, 9.17) is 5.11 Å². The molecule has 1 saturated heterocycles. The Morgan fingerprint density at radius 1 is 1.71 bits per heavy atom. The average molecular weight is 254 g/mol. The molecule has 94 valence electrons. The van der Waals surface area contributed by atoms with E-state index in [1.807, 2.05) is 5.38 Å². The molecular formula is C12H18N2O2S. The van der Waals surface area contributed by atoms with Gasteiger partial charge in [-0.05, 0) is 19.5 Å². The SMILES string of the molecule is CCN1CCC(c2nc(CCC(=O)O)cs2)C1. The monoisotopic (exact) mass is 254 g/mol. The highest BCUT2D eigenvalue weighted by Gasteiger charge is 2.24. The fourth-order valence-corrected chi connectivity index (χ4v) is 3.16. The van der Waals surface area contributed by atoms with Crippen LogP contribution in [0.25, 0.3) is 0 Å². The molecule has 1 aliphatic rings. The van der Waals surface area contributed by atoms with Gasteiger partial charge in [-0.15, -0.1) is 11.3 Å². The third-order valence-corrected chi connectivity index (χ3v) is 4.29. The lowest BCUT2D eigenvalue weighted by Gasteiger charge is -2.11. The number of carbonyl (C=O) groups is 1. The number of likely N-dealkylation sites (tertiary alicyclic amines) is 1. The quantitative estimate of drug-likeness (QED) is 0.873. The number of aliphatic carboxylic acids is 1. The zero-order valence-corrected chi connectivity index (χ0v) is 10.9. The molecule has 5 heteroatoms. The third kappa shape index (κ3) is 3.26. The van der Waals surface area contributed by atoms with Gasteiger partial charge in [0.25, 0.3) is 0 Å². The number of hydrogen-bond acceptors (Lipinski definition) is 4. The van der Waals surface area contributed by atoms with Crippen LogP contribution >= 0.6 is 11.3 Å². The van der Waals surface area contributed by atoms with Gasteiger partial charge in [-0.3, -0.25) is 4.79 Å². The highest BCUT2D eigenvalue weighted by Crippen LogP contribution is 2.29. The number of aromatic nitrogens is 1. The summed E-state index contributed by atoms with van der Waals surface area (Å²) in [5.74, 6) is -0.198. The van der Waals surface area contributed by atoms with Crippen molar-refractivity contribution in [2.75, 3.05) is 19.6 Å². The van der Waals surface area contributed by atoms with E-state index < -0.39 is 5.97 Å². The van der Waals surface area contributed by atoms with Crippen molar-refractivity contribution >= 4 is 17.3 Å². The van der Waals surface area contributed by atoms with Gasteiger partial charge in [-0.2, -0.15) is 0 Å². The number of hydrogen-bond donors (Lipinski definition) is 1. The van der Waals surface area contributed by atoms with Crippen LogP contribution in [0.1, 0.15) is 36.4 Å². The van der Waals surface area contributed by atoms with Crippen molar-refractivity contribution in [2.24, 2.45) is 0 Å². The van der Waals surface area contributed by atoms with Gasteiger partial charge in [0, 0.05) is 24.3 Å². The van der Waals surface area contributed by atoms with Crippen molar-refractivity contribution in [3.8, 4) is 0 Å². The minimum atomic E-state index is -0.752. The van der Waals surface area contributed by atoms with Gasteiger partial charge < -0.3 is 10.0 Å². The van der Waals surface area contributed by atoms with Crippen LogP contribution in [0.4, 0.5) is 0 Å². The van der Waals surface area contributed by atoms with E-state index in [0.717, 1.165) is 25.3 Å². The molecule has 17 heavy (non-hydrogen) atoms. The predicted molar refractivity (Wildman–Crippen MR) is 67.5 cm³/mol. The van der Waals surface area contributed by atoms with E-state index in [1.165, 1.54) is 11.4 Å². The Balaban J connectivity index is 1.92. The summed E-state index contributed by atoms with van der Waals surface area (Å²) in [6, 6.07) is 0. The predicted octanol–water partition coefficient (Wildman–Crippen LogP) is 1.97. The first-order valence-corrected chi connectivity index (χ1v) is 6.95. The van der Waals surface area contributed by atoms with Crippen LogP contribution in [0.3, 0.4) is 0 Å². The zero-order chi connectivity index (χ0) is 12.3. The number of aryl methyl sites for hydroxylation is 1. The molecule has 0 saturated carbocycles. The molecule has 0 bridgehead atoms. The molecule has 1 aromatic heterocycles. The minimum absolute atomic E-state index is 0.176. The Morgan fingerprint density at radius 3 is 3.18 bits per heavy atom. The maximum absolute atomic E-state index is 10.5. The molecule has 2 heterocycles. The van der Waals surface area contributed by atoms with Crippen LogP contribution in [-0.2, 0) is 11.2 Å². The van der Waals surface area contributed by atoms with Crippen molar-refractivity contribution < 1.29 is 9.90 Å². The fourth-order valence-electron chi connectivity index (χ4n) is 2.18. The molecule has 1 N–H and O–H groups in total. The van der Waals surface area contributed by atoms with Crippen molar-refractivity contribution in [3.63, 3.8) is 0 Å². The molecule has 0 aliphatic carbocycles. The van der Waals surface area contributed by atoms with E-state index in [2.05, 4.69) is 16.8 Å². The highest BCUT2D eigenvalue weighted by molar-refractivity contribution is 7.09. The number of likely N-dealkylation sites (N-methyl/N-ethyl adjacent to an activating group) is 1. The smallest absolute Gasteiger partial charge is 0.303 e. The van der Waals surface area contributed by atoms with Crippen LogP contribution in [-0.4, -0.2) is 40.6 Å². The highest BCUT2D eigenvalue weighted by atomic mass is 32.1. The molecule has 1 aromatic rings. The molecule has 0 spiro atoms. The summed E-state index contributed by atoms with van der Waals surface area (Å²) >= 11 is 1.68. The normalized spacial score (nSPS) is 20.9. The lowest BCUT2D eigenvalue weighted by molar-refractivity contribution is -0.136. The molecular weight excluding hydrogens is 236 g/mol. The first-order chi connectivity index (χ1) is 8.19. The van der Waals surface area contributed by atoms with E-state index >= 15 is 0 Å². The number of carboxylic acids is 1. The van der Waals surface area contributed by atoms with Crippen molar-refractivity contribution in [3.05, 3.63) is 16.1 Å². The Bertz CT molecular complexity index is 392. The van der Waals surface area contributed by atoms with E-state index in [0.29, 0.717) is 12.3 Å². The van der Waals surface area contributed by atoms with Crippen molar-refractivity contribution in [1.29, 1.82) is 0 Å². The minimum Gasteiger partial charge on any atom is -0.481 e. The second kappa shape index (κ2) is 5.60. The number of nitrogens with zero attached hydrogens (tertiary/aromatic N) is 2. The molecule has 4 nitrogen and oxygen atoms in total. The van der Waals surface area contributed by atoms with E-state index in [1.54, 1.807) is 11.3 Å². The summed E-state index contributed by atoms with van der Waals surface area (Å²) in [7, 11) is 0. The number of rotatable bonds is 5. The average Bonchev–Trinajstić information content (AvgIpc) is 2.94. The zero-order valence-electron chi connectivity index (χ0n) is 10.1. The van der Waals surface area contributed by atoms with Gasteiger partial charge in [0.2, 0.25) is 0 Å². The molecule has 1 atom stereocenters. The Labute approximate surface area is 105 Å². The van der Waals surface area contributed by atoms with Gasteiger partial charge in [0.15, 0.2) is 0 Å². The maximum atomic E-state index is 10.5. The van der Waals surface area contributed by atoms with Crippen LogP contribution in [0, 0.1) is 0 Å². The van der Waals surface area contributed by atoms with Gasteiger partial charge in [-0.1, -0.05) is 6.92 Å². The molecule has 0 radical (unpaired) electrons. The Kier molecular flexibility index (Phi) is 4.12. The molecule has 2 rings (SSSR count). The van der Waals surface area contributed by atoms with E-state index in [9.17, 15) is 4.79 Å².